The second-order valence-corrected chi connectivity index (χ2v) is 3.03. The predicted molar refractivity (Wildman–Crippen MR) is 50.1 cm³/mol. The third-order valence-electron chi connectivity index (χ3n) is 1.77. The minimum atomic E-state index is -0.166. The second kappa shape index (κ2) is 4.04. The molecule has 0 spiro atoms. The molecule has 0 aromatic carbocycles. The number of rotatable bonds is 3. The zero-order chi connectivity index (χ0) is 9.84. The zero-order valence-electron chi connectivity index (χ0n) is 7.82. The van der Waals surface area contributed by atoms with E-state index in [0.29, 0.717) is 12.2 Å². The number of nitrogens with one attached hydrogen (secondary N) is 1. The summed E-state index contributed by atoms with van der Waals surface area (Å²) in [6.07, 6.45) is 3.34. The highest BCUT2D eigenvalue weighted by molar-refractivity contribution is 5.92. The average Bonchev–Trinajstić information content (AvgIpc) is 2.49. The number of carbonyl (C=O) groups excluding carboxylic acids is 1. The van der Waals surface area contributed by atoms with Gasteiger partial charge in [0.1, 0.15) is 0 Å². The van der Waals surface area contributed by atoms with Crippen molar-refractivity contribution in [1.29, 1.82) is 0 Å². The van der Waals surface area contributed by atoms with Crippen LogP contribution in [0.3, 0.4) is 0 Å². The van der Waals surface area contributed by atoms with Crippen LogP contribution in [0.25, 0.3) is 0 Å². The van der Waals surface area contributed by atoms with E-state index in [1.54, 1.807) is 31.0 Å². The van der Waals surface area contributed by atoms with Crippen molar-refractivity contribution >= 4 is 11.6 Å². The molecule has 0 bridgehead atoms. The third-order valence-corrected chi connectivity index (χ3v) is 1.77. The Kier molecular flexibility index (Phi) is 3.02. The fraction of sp³-hybridized carbons (Fsp3) is 0.500. The molecule has 5 nitrogen and oxygen atoms in total. The van der Waals surface area contributed by atoms with Crippen molar-refractivity contribution in [3.63, 3.8) is 0 Å². The summed E-state index contributed by atoms with van der Waals surface area (Å²) in [6.45, 7) is 2.14. The molecular weight excluding hydrogens is 168 g/mol. The van der Waals surface area contributed by atoms with Gasteiger partial charge in [-0.2, -0.15) is 5.10 Å². The largest absolute Gasteiger partial charge is 0.330 e. The number of anilines is 1. The van der Waals surface area contributed by atoms with Gasteiger partial charge in [0.05, 0.1) is 11.9 Å². The van der Waals surface area contributed by atoms with E-state index in [4.69, 9.17) is 5.73 Å². The summed E-state index contributed by atoms with van der Waals surface area (Å²) in [5.41, 5.74) is 6.05. The average molecular weight is 182 g/mol. The number of hydrogen-bond acceptors (Lipinski definition) is 3. The normalized spacial score (nSPS) is 12.5. The van der Waals surface area contributed by atoms with Crippen molar-refractivity contribution in [2.45, 2.75) is 6.92 Å². The van der Waals surface area contributed by atoms with Gasteiger partial charge in [0.2, 0.25) is 5.91 Å². The highest BCUT2D eigenvalue weighted by Crippen LogP contribution is 2.05. The van der Waals surface area contributed by atoms with Crippen molar-refractivity contribution in [1.82, 2.24) is 9.78 Å². The predicted octanol–water partition coefficient (Wildman–Crippen LogP) is -0.0466. The lowest BCUT2D eigenvalue weighted by Crippen LogP contribution is -2.26. The van der Waals surface area contributed by atoms with E-state index < -0.39 is 0 Å². The first-order valence-electron chi connectivity index (χ1n) is 4.13. The van der Waals surface area contributed by atoms with Crippen LogP contribution in [0.1, 0.15) is 6.92 Å². The molecule has 1 aromatic heterocycles. The summed E-state index contributed by atoms with van der Waals surface area (Å²) in [6, 6.07) is 0. The molecule has 0 saturated carbocycles. The molecule has 0 aliphatic heterocycles. The Morgan fingerprint density at radius 3 is 3.00 bits per heavy atom. The van der Waals surface area contributed by atoms with Crippen LogP contribution >= 0.6 is 0 Å². The summed E-state index contributed by atoms with van der Waals surface area (Å²) in [5, 5.41) is 6.64. The van der Waals surface area contributed by atoms with Gasteiger partial charge in [-0.25, -0.2) is 0 Å². The highest BCUT2D eigenvalue weighted by Gasteiger charge is 2.10. The van der Waals surface area contributed by atoms with Crippen molar-refractivity contribution < 1.29 is 4.79 Å². The van der Waals surface area contributed by atoms with E-state index in [1.165, 1.54) is 0 Å². The van der Waals surface area contributed by atoms with Crippen molar-refractivity contribution in [2.75, 3.05) is 11.9 Å². The van der Waals surface area contributed by atoms with Gasteiger partial charge in [-0.15, -0.1) is 0 Å². The molecular formula is C8H14N4O. The van der Waals surface area contributed by atoms with Crippen LogP contribution in [-0.2, 0) is 11.8 Å². The summed E-state index contributed by atoms with van der Waals surface area (Å²) in [7, 11) is 1.79. The van der Waals surface area contributed by atoms with Crippen LogP contribution in [0.15, 0.2) is 12.4 Å². The molecule has 0 fully saturated rings. The van der Waals surface area contributed by atoms with Gasteiger partial charge in [0, 0.05) is 25.7 Å². The van der Waals surface area contributed by atoms with Crippen LogP contribution in [0, 0.1) is 5.92 Å². The molecule has 1 atom stereocenters. The Morgan fingerprint density at radius 1 is 1.85 bits per heavy atom. The quantitative estimate of drug-likeness (QED) is 0.688. The third kappa shape index (κ3) is 2.55. The Morgan fingerprint density at radius 2 is 2.54 bits per heavy atom. The summed E-state index contributed by atoms with van der Waals surface area (Å²) in [5.74, 6) is -0.240. The van der Waals surface area contributed by atoms with Gasteiger partial charge in [-0.3, -0.25) is 9.48 Å². The first-order chi connectivity index (χ1) is 6.13. The molecule has 72 valence electrons. The number of carbonyl (C=O) groups is 1. The van der Waals surface area contributed by atoms with Crippen molar-refractivity contribution in [3.05, 3.63) is 12.4 Å². The minimum Gasteiger partial charge on any atom is -0.330 e. The summed E-state index contributed by atoms with van der Waals surface area (Å²) >= 11 is 0. The zero-order valence-corrected chi connectivity index (χ0v) is 7.82. The number of nitrogens with two attached hydrogens (primary N) is 1. The number of hydrogen-bond donors (Lipinski definition) is 2. The molecule has 1 aromatic rings. The number of nitrogens with zero attached hydrogens (tertiary/aromatic N) is 2. The Hall–Kier alpha value is -1.36. The maximum Gasteiger partial charge on any atom is 0.228 e. The fourth-order valence-electron chi connectivity index (χ4n) is 0.858. The number of aromatic nitrogens is 2. The molecule has 1 rings (SSSR count). The van der Waals surface area contributed by atoms with Gasteiger partial charge in [0.25, 0.3) is 0 Å². The van der Waals surface area contributed by atoms with Gasteiger partial charge in [0.15, 0.2) is 0 Å². The van der Waals surface area contributed by atoms with E-state index in [-0.39, 0.29) is 11.8 Å². The Labute approximate surface area is 76.9 Å². The molecule has 13 heavy (non-hydrogen) atoms. The maximum atomic E-state index is 11.3. The van der Waals surface area contributed by atoms with E-state index in [2.05, 4.69) is 10.4 Å². The molecule has 1 heterocycles. The molecule has 0 saturated heterocycles. The van der Waals surface area contributed by atoms with Gasteiger partial charge >= 0.3 is 0 Å². The highest BCUT2D eigenvalue weighted by atomic mass is 16.1. The van der Waals surface area contributed by atoms with Gasteiger partial charge < -0.3 is 11.1 Å². The van der Waals surface area contributed by atoms with Crippen LogP contribution in [0.4, 0.5) is 5.69 Å². The summed E-state index contributed by atoms with van der Waals surface area (Å²) < 4.78 is 1.63. The lowest BCUT2D eigenvalue weighted by atomic mass is 10.2. The van der Waals surface area contributed by atoms with Gasteiger partial charge in [-0.1, -0.05) is 6.92 Å². The van der Waals surface area contributed by atoms with Crippen LogP contribution < -0.4 is 11.1 Å². The lowest BCUT2D eigenvalue weighted by molar-refractivity contribution is -0.119. The van der Waals surface area contributed by atoms with E-state index in [0.717, 1.165) is 0 Å². The van der Waals surface area contributed by atoms with E-state index in [1.807, 2.05) is 0 Å². The molecule has 1 unspecified atom stereocenters. The maximum absolute atomic E-state index is 11.3. The fourth-order valence-corrected chi connectivity index (χ4v) is 0.858. The molecule has 0 radical (unpaired) electrons. The van der Waals surface area contributed by atoms with E-state index >= 15 is 0 Å². The number of amides is 1. The molecule has 1 amide bonds. The Bertz CT molecular complexity index is 294. The second-order valence-electron chi connectivity index (χ2n) is 3.03. The number of aryl methyl sites for hydroxylation is 1. The van der Waals surface area contributed by atoms with Crippen LogP contribution in [0.5, 0.6) is 0 Å². The van der Waals surface area contributed by atoms with Gasteiger partial charge in [-0.05, 0) is 0 Å². The first-order valence-corrected chi connectivity index (χ1v) is 4.13. The van der Waals surface area contributed by atoms with Crippen molar-refractivity contribution in [3.8, 4) is 0 Å². The SMILES string of the molecule is CC(CN)C(=O)Nc1cnn(C)c1. The molecule has 0 aliphatic rings. The van der Waals surface area contributed by atoms with E-state index in [9.17, 15) is 4.79 Å². The lowest BCUT2D eigenvalue weighted by Gasteiger charge is -2.07. The topological polar surface area (TPSA) is 72.9 Å². The molecule has 5 heteroatoms. The molecule has 0 aliphatic carbocycles. The molecule has 3 N–H and O–H groups in total. The van der Waals surface area contributed by atoms with Crippen molar-refractivity contribution in [2.24, 2.45) is 18.7 Å². The smallest absolute Gasteiger partial charge is 0.228 e. The van der Waals surface area contributed by atoms with Crippen LogP contribution in [-0.4, -0.2) is 22.2 Å². The summed E-state index contributed by atoms with van der Waals surface area (Å²) in [4.78, 5) is 11.3. The van der Waals surface area contributed by atoms with Crippen LogP contribution in [0.2, 0.25) is 0 Å². The standard InChI is InChI=1S/C8H14N4O/c1-6(3-9)8(13)11-7-4-10-12(2)5-7/h4-6H,3,9H2,1-2H3,(H,11,13). The minimum absolute atomic E-state index is 0.0736. The first kappa shape index (κ1) is 9.73. The Balaban J connectivity index is 2.54. The monoisotopic (exact) mass is 182 g/mol.